The SMILES string of the molecule is C[C@@H](c1cccc([N+](=O)[O-])c1)N(C)C(=O)CCc1ccc(-c2ccccc2)o1. The first-order valence-corrected chi connectivity index (χ1v) is 9.10. The number of nitrogens with zero attached hydrogens (tertiary/aromatic N) is 2. The highest BCUT2D eigenvalue weighted by atomic mass is 16.6. The van der Waals surface area contributed by atoms with Crippen LogP contribution in [0.2, 0.25) is 0 Å². The zero-order valence-corrected chi connectivity index (χ0v) is 15.9. The van der Waals surface area contributed by atoms with Gasteiger partial charge in [-0.1, -0.05) is 42.5 Å². The number of benzene rings is 2. The Morgan fingerprint density at radius 2 is 1.86 bits per heavy atom. The molecule has 0 N–H and O–H groups in total. The van der Waals surface area contributed by atoms with Crippen molar-refractivity contribution in [3.63, 3.8) is 0 Å². The van der Waals surface area contributed by atoms with Gasteiger partial charge in [-0.15, -0.1) is 0 Å². The fourth-order valence-electron chi connectivity index (χ4n) is 3.01. The number of aryl methyl sites for hydroxylation is 1. The van der Waals surface area contributed by atoms with Gasteiger partial charge in [-0.3, -0.25) is 14.9 Å². The van der Waals surface area contributed by atoms with Crippen molar-refractivity contribution in [3.8, 4) is 11.3 Å². The lowest BCUT2D eigenvalue weighted by atomic mass is 10.1. The summed E-state index contributed by atoms with van der Waals surface area (Å²) in [5.41, 5.74) is 1.75. The predicted octanol–water partition coefficient (Wildman–Crippen LogP) is 5.01. The molecule has 1 amide bonds. The number of nitro groups is 1. The summed E-state index contributed by atoms with van der Waals surface area (Å²) in [6.07, 6.45) is 0.801. The maximum atomic E-state index is 12.6. The van der Waals surface area contributed by atoms with Crippen molar-refractivity contribution in [3.05, 3.63) is 88.2 Å². The van der Waals surface area contributed by atoms with Gasteiger partial charge in [-0.25, -0.2) is 0 Å². The van der Waals surface area contributed by atoms with E-state index >= 15 is 0 Å². The number of non-ortho nitro benzene ring substituents is 1. The van der Waals surface area contributed by atoms with Crippen molar-refractivity contribution >= 4 is 11.6 Å². The third-order valence-electron chi connectivity index (χ3n) is 4.84. The Hall–Kier alpha value is -3.41. The minimum atomic E-state index is -0.431. The van der Waals surface area contributed by atoms with Crippen molar-refractivity contribution in [1.29, 1.82) is 0 Å². The molecule has 0 radical (unpaired) electrons. The third kappa shape index (κ3) is 4.46. The van der Waals surface area contributed by atoms with E-state index in [2.05, 4.69) is 0 Å². The summed E-state index contributed by atoms with van der Waals surface area (Å²) in [5, 5.41) is 11.0. The molecule has 0 aliphatic heterocycles. The van der Waals surface area contributed by atoms with Gasteiger partial charge in [0.15, 0.2) is 0 Å². The van der Waals surface area contributed by atoms with E-state index in [-0.39, 0.29) is 17.6 Å². The number of furan rings is 1. The maximum Gasteiger partial charge on any atom is 0.269 e. The quantitative estimate of drug-likeness (QED) is 0.428. The summed E-state index contributed by atoms with van der Waals surface area (Å²) < 4.78 is 5.84. The Morgan fingerprint density at radius 1 is 1.11 bits per heavy atom. The van der Waals surface area contributed by atoms with Crippen LogP contribution >= 0.6 is 0 Å². The Labute approximate surface area is 163 Å². The molecule has 0 aliphatic rings. The Bertz CT molecular complexity index is 965. The molecular weight excluding hydrogens is 356 g/mol. The summed E-state index contributed by atoms with van der Waals surface area (Å²) in [6, 6.07) is 19.7. The van der Waals surface area contributed by atoms with Crippen LogP contribution in [-0.4, -0.2) is 22.8 Å². The minimum absolute atomic E-state index is 0.0224. The van der Waals surface area contributed by atoms with Crippen molar-refractivity contribution in [2.45, 2.75) is 25.8 Å². The van der Waals surface area contributed by atoms with Crippen molar-refractivity contribution in [1.82, 2.24) is 4.90 Å². The molecule has 0 saturated heterocycles. The van der Waals surface area contributed by atoms with E-state index in [9.17, 15) is 14.9 Å². The molecule has 1 atom stereocenters. The van der Waals surface area contributed by atoms with E-state index in [0.29, 0.717) is 12.8 Å². The molecule has 6 heteroatoms. The van der Waals surface area contributed by atoms with Crippen LogP contribution < -0.4 is 0 Å². The summed E-state index contributed by atoms with van der Waals surface area (Å²) in [5.74, 6) is 1.49. The zero-order valence-electron chi connectivity index (χ0n) is 15.9. The minimum Gasteiger partial charge on any atom is -0.461 e. The second kappa shape index (κ2) is 8.52. The molecule has 1 heterocycles. The van der Waals surface area contributed by atoms with Crippen LogP contribution in [0.1, 0.15) is 30.7 Å². The van der Waals surface area contributed by atoms with Crippen molar-refractivity contribution in [2.75, 3.05) is 7.05 Å². The highest BCUT2D eigenvalue weighted by Gasteiger charge is 2.19. The zero-order chi connectivity index (χ0) is 20.1. The molecular formula is C22H22N2O4. The number of nitro benzene ring substituents is 1. The maximum absolute atomic E-state index is 12.6. The molecule has 0 saturated carbocycles. The highest BCUT2D eigenvalue weighted by Crippen LogP contribution is 2.25. The van der Waals surface area contributed by atoms with Gasteiger partial charge in [0.05, 0.1) is 11.0 Å². The average molecular weight is 378 g/mol. The molecule has 28 heavy (non-hydrogen) atoms. The molecule has 0 bridgehead atoms. The van der Waals surface area contributed by atoms with Gasteiger partial charge in [0, 0.05) is 37.6 Å². The van der Waals surface area contributed by atoms with Crippen LogP contribution in [0, 0.1) is 10.1 Å². The van der Waals surface area contributed by atoms with E-state index < -0.39 is 4.92 Å². The topological polar surface area (TPSA) is 76.6 Å². The molecule has 144 valence electrons. The van der Waals surface area contributed by atoms with Gasteiger partial charge in [0.2, 0.25) is 5.91 Å². The number of rotatable bonds is 7. The van der Waals surface area contributed by atoms with Gasteiger partial charge in [-0.2, -0.15) is 0 Å². The molecule has 0 unspecified atom stereocenters. The van der Waals surface area contributed by atoms with Crippen LogP contribution in [0.3, 0.4) is 0 Å². The second-order valence-electron chi connectivity index (χ2n) is 6.66. The van der Waals surface area contributed by atoms with E-state index in [1.165, 1.54) is 12.1 Å². The first-order chi connectivity index (χ1) is 13.5. The van der Waals surface area contributed by atoms with Crippen molar-refractivity contribution in [2.24, 2.45) is 0 Å². The smallest absolute Gasteiger partial charge is 0.269 e. The first-order valence-electron chi connectivity index (χ1n) is 9.10. The molecule has 2 aromatic carbocycles. The molecule has 0 fully saturated rings. The molecule has 0 aliphatic carbocycles. The third-order valence-corrected chi connectivity index (χ3v) is 4.84. The van der Waals surface area contributed by atoms with Crippen LogP contribution in [0.25, 0.3) is 11.3 Å². The normalized spacial score (nSPS) is 11.8. The molecule has 0 spiro atoms. The number of hydrogen-bond donors (Lipinski definition) is 0. The van der Waals surface area contributed by atoms with E-state index in [0.717, 1.165) is 22.6 Å². The van der Waals surface area contributed by atoms with E-state index in [1.807, 2.05) is 49.4 Å². The summed E-state index contributed by atoms with van der Waals surface area (Å²) in [7, 11) is 1.71. The number of carbonyl (C=O) groups excluding carboxylic acids is 1. The number of hydrogen-bond acceptors (Lipinski definition) is 4. The Kier molecular flexibility index (Phi) is 5.89. The van der Waals surface area contributed by atoms with E-state index in [1.54, 1.807) is 24.1 Å². The average Bonchev–Trinajstić information content (AvgIpc) is 3.20. The van der Waals surface area contributed by atoms with E-state index in [4.69, 9.17) is 4.42 Å². The standard InChI is InChI=1S/C22H22N2O4/c1-16(18-9-6-10-19(15-18)24(26)27)23(2)22(25)14-12-20-11-13-21(28-20)17-7-4-3-5-8-17/h3-11,13,15-16H,12,14H2,1-2H3/t16-/m0/s1. The van der Waals surface area contributed by atoms with Gasteiger partial charge in [0.25, 0.3) is 5.69 Å². The second-order valence-corrected chi connectivity index (χ2v) is 6.66. The highest BCUT2D eigenvalue weighted by molar-refractivity contribution is 5.76. The molecule has 6 nitrogen and oxygen atoms in total. The monoisotopic (exact) mass is 378 g/mol. The predicted molar refractivity (Wildman–Crippen MR) is 107 cm³/mol. The molecule has 3 rings (SSSR count). The number of amides is 1. The van der Waals surface area contributed by atoms with Crippen LogP contribution in [-0.2, 0) is 11.2 Å². The van der Waals surface area contributed by atoms with Gasteiger partial charge in [0.1, 0.15) is 11.5 Å². The van der Waals surface area contributed by atoms with Crippen molar-refractivity contribution < 1.29 is 14.1 Å². The Balaban J connectivity index is 1.61. The number of carbonyl (C=O) groups is 1. The lowest BCUT2D eigenvalue weighted by Crippen LogP contribution is -2.29. The van der Waals surface area contributed by atoms with Crippen LogP contribution in [0.5, 0.6) is 0 Å². The van der Waals surface area contributed by atoms with Crippen LogP contribution in [0.15, 0.2) is 71.1 Å². The Morgan fingerprint density at radius 3 is 2.57 bits per heavy atom. The lowest BCUT2D eigenvalue weighted by molar-refractivity contribution is -0.384. The molecule has 1 aromatic heterocycles. The lowest BCUT2D eigenvalue weighted by Gasteiger charge is -2.25. The summed E-state index contributed by atoms with van der Waals surface area (Å²) in [6.45, 7) is 1.86. The van der Waals surface area contributed by atoms with Crippen LogP contribution in [0.4, 0.5) is 5.69 Å². The van der Waals surface area contributed by atoms with Gasteiger partial charge < -0.3 is 9.32 Å². The summed E-state index contributed by atoms with van der Waals surface area (Å²) in [4.78, 5) is 24.7. The first kappa shape index (κ1) is 19.4. The molecule has 3 aromatic rings. The summed E-state index contributed by atoms with van der Waals surface area (Å²) >= 11 is 0. The van der Waals surface area contributed by atoms with Gasteiger partial charge in [-0.05, 0) is 24.6 Å². The largest absolute Gasteiger partial charge is 0.461 e. The fraction of sp³-hybridized carbons (Fsp3) is 0.227. The fourth-order valence-corrected chi connectivity index (χ4v) is 3.01. The van der Waals surface area contributed by atoms with Gasteiger partial charge >= 0.3 is 0 Å².